The molecule has 3 aromatic heterocycles. The number of nitrogens with zero attached hydrogens (tertiary/aromatic N) is 2. The minimum Gasteiger partial charge on any atom is -0.493 e. The van der Waals surface area contributed by atoms with Crippen molar-refractivity contribution in [3.8, 4) is 33.8 Å². The maximum atomic E-state index is 14.0. The van der Waals surface area contributed by atoms with Gasteiger partial charge in [-0.25, -0.2) is 4.98 Å². The predicted octanol–water partition coefficient (Wildman–Crippen LogP) is 5.85. The number of rotatable bonds is 8. The van der Waals surface area contributed by atoms with Gasteiger partial charge >= 0.3 is 0 Å². The number of aromatic nitrogens is 3. The summed E-state index contributed by atoms with van der Waals surface area (Å²) in [5.41, 5.74) is 9.88. The average molecular weight is 658 g/mol. The number of nitrogen functional groups attached to an aromatic ring is 1. The molecule has 0 radical (unpaired) electrons. The van der Waals surface area contributed by atoms with E-state index in [1.165, 1.54) is 6.20 Å². The lowest BCUT2D eigenvalue weighted by molar-refractivity contribution is 0.0615. The van der Waals surface area contributed by atoms with Gasteiger partial charge in [-0.15, -0.1) is 0 Å². The maximum absolute atomic E-state index is 14.0. The van der Waals surface area contributed by atoms with E-state index in [0.717, 1.165) is 29.5 Å². The van der Waals surface area contributed by atoms with Crippen LogP contribution in [0.5, 0.6) is 11.5 Å². The third-order valence-corrected chi connectivity index (χ3v) is 9.07. The van der Waals surface area contributed by atoms with Gasteiger partial charge in [-0.3, -0.25) is 14.4 Å². The van der Waals surface area contributed by atoms with E-state index in [9.17, 15) is 14.4 Å². The van der Waals surface area contributed by atoms with E-state index in [-0.39, 0.29) is 27.9 Å². The van der Waals surface area contributed by atoms with Crippen LogP contribution in [0.4, 0.5) is 11.5 Å². The standard InChI is InChI=1S/C38H35N5O6/c1-47-31-12-9-24(18-32(31)48-2)25-17-28(36(39)40-19-25)23-7-10-26(11-8-23)41-37(45)29-21-43(20-22-13-15-49-16-14-22)34-33(35(29)44)27-5-3-4-6-30(27)42-38(34)46/h3-12,17-19,21-22H,13-16,20H2,1-2H3,(H2,39,40)(H,41,45)(H,42,46). The van der Waals surface area contributed by atoms with Gasteiger partial charge in [-0.2, -0.15) is 0 Å². The van der Waals surface area contributed by atoms with Crippen molar-refractivity contribution in [2.45, 2.75) is 19.4 Å². The molecule has 0 saturated carbocycles. The third-order valence-electron chi connectivity index (χ3n) is 9.07. The number of hydrogen-bond acceptors (Lipinski definition) is 8. The number of methoxy groups -OCH3 is 2. The second-order valence-electron chi connectivity index (χ2n) is 12.1. The van der Waals surface area contributed by atoms with Crippen molar-refractivity contribution in [1.82, 2.24) is 14.5 Å². The van der Waals surface area contributed by atoms with Crippen molar-refractivity contribution in [2.75, 3.05) is 38.5 Å². The molecule has 0 spiro atoms. The lowest BCUT2D eigenvalue weighted by atomic mass is 9.99. The summed E-state index contributed by atoms with van der Waals surface area (Å²) in [6.45, 7) is 1.75. The van der Waals surface area contributed by atoms with E-state index in [1.54, 1.807) is 55.3 Å². The van der Waals surface area contributed by atoms with Crippen molar-refractivity contribution in [1.29, 1.82) is 0 Å². The molecule has 11 nitrogen and oxygen atoms in total. The van der Waals surface area contributed by atoms with Gasteiger partial charge < -0.3 is 34.8 Å². The number of aromatic amines is 1. The number of fused-ring (bicyclic) bond motifs is 3. The molecule has 4 heterocycles. The van der Waals surface area contributed by atoms with Gasteiger partial charge in [0, 0.05) is 59.9 Å². The van der Waals surface area contributed by atoms with Crippen molar-refractivity contribution in [2.24, 2.45) is 5.92 Å². The summed E-state index contributed by atoms with van der Waals surface area (Å²) in [7, 11) is 3.17. The monoisotopic (exact) mass is 657 g/mol. The normalized spacial score (nSPS) is 13.4. The summed E-state index contributed by atoms with van der Waals surface area (Å²) >= 11 is 0. The lowest BCUT2D eigenvalue weighted by Gasteiger charge is -2.24. The SMILES string of the molecule is COc1ccc(-c2cnc(N)c(-c3ccc(NC(=O)c4cn(CC5CCOCC5)c5c(=O)[nH]c6ccccc6c5c4=O)cc3)c2)cc1OC. The van der Waals surface area contributed by atoms with Gasteiger partial charge in [0.2, 0.25) is 5.43 Å². The molecule has 1 saturated heterocycles. The van der Waals surface area contributed by atoms with Crippen LogP contribution < -0.4 is 31.5 Å². The Bertz CT molecular complexity index is 2320. The van der Waals surface area contributed by atoms with Crippen molar-refractivity contribution in [3.63, 3.8) is 0 Å². The van der Waals surface area contributed by atoms with E-state index < -0.39 is 11.3 Å². The molecule has 0 atom stereocenters. The number of ether oxygens (including phenoxy) is 3. The fraction of sp³-hybridized carbons (Fsp3) is 0.211. The number of H-pyrrole nitrogens is 1. The van der Waals surface area contributed by atoms with Gasteiger partial charge in [-0.1, -0.05) is 36.4 Å². The Hall–Kier alpha value is -5.94. The van der Waals surface area contributed by atoms with Crippen LogP contribution in [-0.2, 0) is 11.3 Å². The van der Waals surface area contributed by atoms with Crippen LogP contribution in [0.1, 0.15) is 23.2 Å². The molecule has 248 valence electrons. The number of pyridine rings is 3. The average Bonchev–Trinajstić information content (AvgIpc) is 3.13. The number of nitrogens with one attached hydrogen (secondary N) is 2. The van der Waals surface area contributed by atoms with Crippen LogP contribution in [0.15, 0.2) is 94.8 Å². The number of para-hydroxylation sites is 1. The zero-order chi connectivity index (χ0) is 34.1. The van der Waals surface area contributed by atoms with Crippen molar-refractivity contribution in [3.05, 3.63) is 111 Å². The molecule has 1 amide bonds. The Morgan fingerprint density at radius 1 is 0.959 bits per heavy atom. The van der Waals surface area contributed by atoms with E-state index >= 15 is 0 Å². The highest BCUT2D eigenvalue weighted by atomic mass is 16.5. The van der Waals surface area contributed by atoms with Crippen LogP contribution in [0.25, 0.3) is 44.1 Å². The van der Waals surface area contributed by atoms with Gasteiger partial charge in [-0.05, 0) is 66.3 Å². The molecule has 0 unspecified atom stereocenters. The van der Waals surface area contributed by atoms with Gasteiger partial charge in [0.05, 0.1) is 19.6 Å². The Morgan fingerprint density at radius 2 is 1.69 bits per heavy atom. The fourth-order valence-electron chi connectivity index (χ4n) is 6.47. The summed E-state index contributed by atoms with van der Waals surface area (Å²) < 4.78 is 18.1. The van der Waals surface area contributed by atoms with E-state index in [4.69, 9.17) is 19.9 Å². The summed E-state index contributed by atoms with van der Waals surface area (Å²) in [5.74, 6) is 1.24. The number of hydrogen-bond donors (Lipinski definition) is 3. The predicted molar refractivity (Wildman–Crippen MR) is 190 cm³/mol. The van der Waals surface area contributed by atoms with Crippen LogP contribution in [-0.4, -0.2) is 47.9 Å². The third kappa shape index (κ3) is 6.12. The minimum atomic E-state index is -0.568. The molecule has 1 aliphatic heterocycles. The summed E-state index contributed by atoms with van der Waals surface area (Å²) in [6.07, 6.45) is 4.86. The first-order chi connectivity index (χ1) is 23.8. The molecule has 7 rings (SSSR count). The highest BCUT2D eigenvalue weighted by Gasteiger charge is 2.23. The van der Waals surface area contributed by atoms with Gasteiger partial charge in [0.15, 0.2) is 11.5 Å². The number of carbonyl (C=O) groups is 1. The number of nitrogens with two attached hydrogens (primary N) is 1. The summed E-state index contributed by atoms with van der Waals surface area (Å²) in [6, 6.07) is 21.9. The smallest absolute Gasteiger partial charge is 0.273 e. The van der Waals surface area contributed by atoms with E-state index in [2.05, 4.69) is 15.3 Å². The lowest BCUT2D eigenvalue weighted by Crippen LogP contribution is -2.29. The molecule has 0 bridgehead atoms. The first-order valence-electron chi connectivity index (χ1n) is 16.0. The first-order valence-corrected chi connectivity index (χ1v) is 16.0. The minimum absolute atomic E-state index is 0.0459. The quantitative estimate of drug-likeness (QED) is 0.173. The Balaban J connectivity index is 1.21. The van der Waals surface area contributed by atoms with Crippen LogP contribution in [0, 0.1) is 5.92 Å². The Labute approximate surface area is 281 Å². The van der Waals surface area contributed by atoms with Crippen molar-refractivity contribution >= 4 is 39.2 Å². The Morgan fingerprint density at radius 3 is 2.45 bits per heavy atom. The van der Waals surface area contributed by atoms with Crippen LogP contribution >= 0.6 is 0 Å². The number of benzene rings is 3. The molecule has 0 aliphatic carbocycles. The number of carbonyl (C=O) groups excluding carboxylic acids is 1. The second kappa shape index (κ2) is 13.3. The summed E-state index contributed by atoms with van der Waals surface area (Å²) in [4.78, 5) is 48.4. The fourth-order valence-corrected chi connectivity index (χ4v) is 6.47. The van der Waals surface area contributed by atoms with E-state index in [0.29, 0.717) is 59.2 Å². The molecule has 49 heavy (non-hydrogen) atoms. The summed E-state index contributed by atoms with van der Waals surface area (Å²) in [5, 5.41) is 3.70. The molecule has 6 aromatic rings. The zero-order valence-corrected chi connectivity index (χ0v) is 27.1. The highest BCUT2D eigenvalue weighted by molar-refractivity contribution is 6.10. The van der Waals surface area contributed by atoms with Crippen molar-refractivity contribution < 1.29 is 19.0 Å². The maximum Gasteiger partial charge on any atom is 0.273 e. The molecule has 3 aromatic carbocycles. The highest BCUT2D eigenvalue weighted by Crippen LogP contribution is 2.35. The van der Waals surface area contributed by atoms with Gasteiger partial charge in [0.25, 0.3) is 11.5 Å². The largest absolute Gasteiger partial charge is 0.493 e. The molecule has 4 N–H and O–H groups in total. The Kier molecular flexibility index (Phi) is 8.58. The zero-order valence-electron chi connectivity index (χ0n) is 27.1. The topological polar surface area (TPSA) is 151 Å². The van der Waals surface area contributed by atoms with Crippen LogP contribution in [0.2, 0.25) is 0 Å². The second-order valence-corrected chi connectivity index (χ2v) is 12.1. The van der Waals surface area contributed by atoms with Gasteiger partial charge in [0.1, 0.15) is 16.9 Å². The molecule has 1 aliphatic rings. The van der Waals surface area contributed by atoms with E-state index in [1.807, 2.05) is 42.5 Å². The number of anilines is 2. The molecule has 1 fully saturated rings. The molecule has 11 heteroatoms. The molecular formula is C38H35N5O6. The number of amides is 1. The molecular weight excluding hydrogens is 622 g/mol. The van der Waals surface area contributed by atoms with Crippen LogP contribution in [0.3, 0.4) is 0 Å². The first kappa shape index (κ1) is 31.6.